The highest BCUT2D eigenvalue weighted by molar-refractivity contribution is 5.86. The predicted molar refractivity (Wildman–Crippen MR) is 62.8 cm³/mol. The van der Waals surface area contributed by atoms with Gasteiger partial charge in [0.2, 0.25) is 5.96 Å². The third-order valence-electron chi connectivity index (χ3n) is 1.93. The highest BCUT2D eigenvalue weighted by atomic mass is 16.5. The van der Waals surface area contributed by atoms with Gasteiger partial charge >= 0.3 is 0 Å². The second-order valence-corrected chi connectivity index (χ2v) is 3.15. The first-order valence-electron chi connectivity index (χ1n) is 4.54. The zero-order valence-corrected chi connectivity index (χ0v) is 9.14. The van der Waals surface area contributed by atoms with Crippen LogP contribution in [0.25, 0.3) is 0 Å². The Balaban J connectivity index is 3.06. The molecule has 0 fully saturated rings. The Bertz CT molecular complexity index is 413. The Kier molecular flexibility index (Phi) is 3.71. The molecule has 5 N–H and O–H groups in total. The van der Waals surface area contributed by atoms with Crippen LogP contribution in [0.2, 0.25) is 0 Å². The molecule has 1 rings (SSSR count). The fraction of sp³-hybridized carbons (Fsp3) is 0.200. The first kappa shape index (κ1) is 11.8. The van der Waals surface area contributed by atoms with Gasteiger partial charge in [0.1, 0.15) is 11.5 Å². The number of rotatable bonds is 3. The normalized spacial score (nSPS) is 10.4. The lowest BCUT2D eigenvalue weighted by Gasteiger charge is -2.06. The van der Waals surface area contributed by atoms with E-state index in [0.29, 0.717) is 11.3 Å². The smallest absolute Gasteiger partial charge is 0.211 e. The summed E-state index contributed by atoms with van der Waals surface area (Å²) in [6.45, 7) is 1.82. The molecule has 0 radical (unpaired) electrons. The molecule has 1 aromatic carbocycles. The van der Waals surface area contributed by atoms with Crippen molar-refractivity contribution < 1.29 is 9.84 Å². The third-order valence-corrected chi connectivity index (χ3v) is 1.93. The number of guanidine groups is 1. The Morgan fingerprint density at radius 3 is 2.62 bits per heavy atom. The van der Waals surface area contributed by atoms with Crippen LogP contribution >= 0.6 is 0 Å². The van der Waals surface area contributed by atoms with E-state index in [1.54, 1.807) is 6.07 Å². The molecular formula is C10H14N4O2. The topological polar surface area (TPSA) is 106 Å². The molecule has 0 aromatic heterocycles. The van der Waals surface area contributed by atoms with E-state index in [-0.39, 0.29) is 11.7 Å². The summed E-state index contributed by atoms with van der Waals surface area (Å²) >= 11 is 0. The molecule has 0 spiro atoms. The van der Waals surface area contributed by atoms with Crippen LogP contribution < -0.4 is 16.2 Å². The lowest BCUT2D eigenvalue weighted by atomic mass is 10.1. The number of methoxy groups -OCH3 is 1. The maximum absolute atomic E-state index is 9.69. The summed E-state index contributed by atoms with van der Waals surface area (Å²) < 4.78 is 5.00. The van der Waals surface area contributed by atoms with E-state index in [2.05, 4.69) is 10.2 Å². The van der Waals surface area contributed by atoms with E-state index < -0.39 is 0 Å². The van der Waals surface area contributed by atoms with Crippen LogP contribution in [0.5, 0.6) is 11.5 Å². The van der Waals surface area contributed by atoms with E-state index in [0.717, 1.165) is 5.56 Å². The number of aryl methyl sites for hydroxylation is 1. The van der Waals surface area contributed by atoms with Crippen LogP contribution in [0.15, 0.2) is 22.3 Å². The fourth-order valence-electron chi connectivity index (χ4n) is 1.19. The van der Waals surface area contributed by atoms with Gasteiger partial charge < -0.3 is 21.3 Å². The van der Waals surface area contributed by atoms with Gasteiger partial charge in [-0.25, -0.2) is 0 Å². The zero-order valence-electron chi connectivity index (χ0n) is 9.14. The summed E-state index contributed by atoms with van der Waals surface area (Å²) in [6, 6.07) is 3.26. The number of nitrogens with zero attached hydrogens (tertiary/aromatic N) is 2. The molecule has 0 unspecified atom stereocenters. The largest absolute Gasteiger partial charge is 0.507 e. The Morgan fingerprint density at radius 2 is 2.12 bits per heavy atom. The van der Waals surface area contributed by atoms with Crippen molar-refractivity contribution in [3.63, 3.8) is 0 Å². The van der Waals surface area contributed by atoms with Crippen LogP contribution in [0.1, 0.15) is 11.1 Å². The van der Waals surface area contributed by atoms with Gasteiger partial charge in [0, 0.05) is 11.6 Å². The van der Waals surface area contributed by atoms with Gasteiger partial charge in [-0.2, -0.15) is 5.10 Å². The van der Waals surface area contributed by atoms with Crippen LogP contribution in [-0.2, 0) is 0 Å². The first-order chi connectivity index (χ1) is 7.54. The van der Waals surface area contributed by atoms with Gasteiger partial charge in [-0.05, 0) is 18.6 Å². The van der Waals surface area contributed by atoms with E-state index in [1.807, 2.05) is 6.92 Å². The Morgan fingerprint density at radius 1 is 1.44 bits per heavy atom. The highest BCUT2D eigenvalue weighted by Crippen LogP contribution is 2.25. The quantitative estimate of drug-likeness (QED) is 0.389. The van der Waals surface area contributed by atoms with Crippen molar-refractivity contribution in [1.29, 1.82) is 0 Å². The number of phenolic OH excluding ortho intramolecular Hbond substituents is 1. The van der Waals surface area contributed by atoms with Crippen LogP contribution in [0.4, 0.5) is 0 Å². The molecule has 0 atom stereocenters. The molecule has 16 heavy (non-hydrogen) atoms. The van der Waals surface area contributed by atoms with E-state index in [1.165, 1.54) is 19.4 Å². The van der Waals surface area contributed by atoms with Gasteiger partial charge in [0.05, 0.1) is 13.3 Å². The molecule has 6 heteroatoms. The maximum Gasteiger partial charge on any atom is 0.211 e. The second kappa shape index (κ2) is 5.01. The molecule has 86 valence electrons. The third kappa shape index (κ3) is 2.88. The molecule has 0 aliphatic rings. The summed E-state index contributed by atoms with van der Waals surface area (Å²) in [4.78, 5) is 0. The van der Waals surface area contributed by atoms with Crippen molar-refractivity contribution >= 4 is 12.2 Å². The molecular weight excluding hydrogens is 208 g/mol. The maximum atomic E-state index is 9.69. The minimum Gasteiger partial charge on any atom is -0.507 e. The average molecular weight is 222 g/mol. The number of nitrogens with two attached hydrogens (primary N) is 2. The summed E-state index contributed by atoms with van der Waals surface area (Å²) in [5.41, 5.74) is 11.6. The van der Waals surface area contributed by atoms with Gasteiger partial charge in [0.25, 0.3) is 0 Å². The molecule has 0 aliphatic carbocycles. The van der Waals surface area contributed by atoms with Gasteiger partial charge in [-0.1, -0.05) is 0 Å². The summed E-state index contributed by atoms with van der Waals surface area (Å²) in [7, 11) is 1.53. The van der Waals surface area contributed by atoms with Crippen LogP contribution in [0, 0.1) is 6.92 Å². The molecule has 0 aliphatic heterocycles. The molecule has 0 saturated carbocycles. The number of benzene rings is 1. The second-order valence-electron chi connectivity index (χ2n) is 3.15. The zero-order chi connectivity index (χ0) is 12.1. The summed E-state index contributed by atoms with van der Waals surface area (Å²) in [6.07, 6.45) is 1.38. The van der Waals surface area contributed by atoms with Gasteiger partial charge in [-0.3, -0.25) is 0 Å². The summed E-state index contributed by atoms with van der Waals surface area (Å²) in [5.74, 6) is 0.502. The molecule has 0 saturated heterocycles. The van der Waals surface area contributed by atoms with E-state index in [9.17, 15) is 5.11 Å². The van der Waals surface area contributed by atoms with Crippen LogP contribution in [0.3, 0.4) is 0 Å². The average Bonchev–Trinajstić information content (AvgIpc) is 2.21. The van der Waals surface area contributed by atoms with Crippen LogP contribution in [-0.4, -0.2) is 24.4 Å². The minimum absolute atomic E-state index is 0.0615. The van der Waals surface area contributed by atoms with E-state index >= 15 is 0 Å². The standard InChI is InChI=1S/C10H14N4O2/c1-6-3-7(16-2)4-9(15)8(6)5-13-14-10(11)12/h3-5,15H,1-2H3,(H4,11,12,14). The number of phenols is 1. The Hall–Kier alpha value is -2.24. The van der Waals surface area contributed by atoms with Crippen molar-refractivity contribution in [2.75, 3.05) is 7.11 Å². The van der Waals surface area contributed by atoms with Crippen molar-refractivity contribution in [3.8, 4) is 11.5 Å². The van der Waals surface area contributed by atoms with Crippen molar-refractivity contribution in [2.45, 2.75) is 6.92 Å². The predicted octanol–water partition coefficient (Wildman–Crippen LogP) is 0.317. The lowest BCUT2D eigenvalue weighted by Crippen LogP contribution is -2.21. The molecule has 1 aromatic rings. The lowest BCUT2D eigenvalue weighted by molar-refractivity contribution is 0.407. The number of ether oxygens (including phenoxy) is 1. The fourth-order valence-corrected chi connectivity index (χ4v) is 1.19. The Labute approximate surface area is 93.2 Å². The van der Waals surface area contributed by atoms with Gasteiger partial charge in [-0.15, -0.1) is 5.10 Å². The highest BCUT2D eigenvalue weighted by Gasteiger charge is 2.05. The van der Waals surface area contributed by atoms with Crippen molar-refractivity contribution in [1.82, 2.24) is 0 Å². The van der Waals surface area contributed by atoms with Gasteiger partial charge in [0.15, 0.2) is 0 Å². The molecule has 0 bridgehead atoms. The minimum atomic E-state index is -0.137. The first-order valence-corrected chi connectivity index (χ1v) is 4.54. The summed E-state index contributed by atoms with van der Waals surface area (Å²) in [5, 5.41) is 16.8. The SMILES string of the molecule is COc1cc(C)c(C=NN=C(N)N)c(O)c1. The number of hydrogen-bond donors (Lipinski definition) is 3. The monoisotopic (exact) mass is 222 g/mol. The number of hydrogen-bond acceptors (Lipinski definition) is 4. The molecule has 0 amide bonds. The van der Waals surface area contributed by atoms with Crippen molar-refractivity contribution in [3.05, 3.63) is 23.3 Å². The molecule has 6 nitrogen and oxygen atoms in total. The van der Waals surface area contributed by atoms with E-state index in [4.69, 9.17) is 16.2 Å². The molecule has 0 heterocycles. The van der Waals surface area contributed by atoms with Crippen molar-refractivity contribution in [2.24, 2.45) is 21.7 Å². The number of aromatic hydroxyl groups is 1.